The van der Waals surface area contributed by atoms with Crippen molar-refractivity contribution in [2.45, 2.75) is 32.4 Å². The number of nitrogens with zero attached hydrogens (tertiary/aromatic N) is 1. The fourth-order valence-corrected chi connectivity index (χ4v) is 3.13. The van der Waals surface area contributed by atoms with E-state index in [2.05, 4.69) is 5.32 Å². The van der Waals surface area contributed by atoms with Gasteiger partial charge in [-0.05, 0) is 18.4 Å². The summed E-state index contributed by atoms with van der Waals surface area (Å²) in [6.07, 6.45) is 0.296. The molecule has 2 heterocycles. The maximum Gasteiger partial charge on any atom is 0.225 e. The van der Waals surface area contributed by atoms with Crippen molar-refractivity contribution in [3.63, 3.8) is 0 Å². The highest BCUT2D eigenvalue weighted by atomic mass is 32.1. The minimum atomic E-state index is -0.241. The Morgan fingerprint density at radius 2 is 2.40 bits per heavy atom. The first-order valence-electron chi connectivity index (χ1n) is 6.75. The maximum atomic E-state index is 12.4. The van der Waals surface area contributed by atoms with Crippen molar-refractivity contribution in [3.8, 4) is 0 Å². The second-order valence-electron chi connectivity index (χ2n) is 4.98. The predicted octanol–water partition coefficient (Wildman–Crippen LogP) is 1.56. The van der Waals surface area contributed by atoms with Crippen LogP contribution in [-0.4, -0.2) is 42.5 Å². The van der Waals surface area contributed by atoms with Crippen LogP contribution in [0.3, 0.4) is 0 Å². The number of carbonyl (C=O) groups excluding carboxylic acids is 2. The van der Waals surface area contributed by atoms with Gasteiger partial charge < -0.3 is 15.0 Å². The molecule has 2 amide bonds. The monoisotopic (exact) mass is 296 g/mol. The van der Waals surface area contributed by atoms with Crippen molar-refractivity contribution in [1.82, 2.24) is 10.2 Å². The van der Waals surface area contributed by atoms with Crippen LogP contribution in [0.4, 0.5) is 0 Å². The number of nitrogens with one attached hydrogen (secondary N) is 1. The zero-order valence-electron chi connectivity index (χ0n) is 11.8. The summed E-state index contributed by atoms with van der Waals surface area (Å²) in [7, 11) is 0. The molecule has 6 heteroatoms. The van der Waals surface area contributed by atoms with E-state index in [1.54, 1.807) is 11.3 Å². The molecule has 1 fully saturated rings. The molecule has 0 saturated carbocycles. The van der Waals surface area contributed by atoms with E-state index in [1.165, 1.54) is 6.92 Å². The first kappa shape index (κ1) is 15.0. The summed E-state index contributed by atoms with van der Waals surface area (Å²) in [5, 5.41) is 4.81. The van der Waals surface area contributed by atoms with Crippen LogP contribution in [-0.2, 0) is 14.3 Å². The molecule has 0 bridgehead atoms. The molecule has 0 spiro atoms. The van der Waals surface area contributed by atoms with E-state index < -0.39 is 0 Å². The smallest absolute Gasteiger partial charge is 0.225 e. The quantitative estimate of drug-likeness (QED) is 0.917. The Morgan fingerprint density at radius 1 is 1.60 bits per heavy atom. The van der Waals surface area contributed by atoms with E-state index >= 15 is 0 Å². The first-order valence-corrected chi connectivity index (χ1v) is 7.63. The van der Waals surface area contributed by atoms with E-state index in [-0.39, 0.29) is 23.9 Å². The number of hydrogen-bond donors (Lipinski definition) is 1. The standard InChI is InChI=1S/C14H20N2O3S/c1-10-9-19-6-5-16(10)14(18)8-12(15-11(2)17)13-4-3-7-20-13/h3-4,7,10,12H,5-6,8-9H2,1-2H3,(H,15,17)/t10-,12-/m1/s1. The molecule has 20 heavy (non-hydrogen) atoms. The predicted molar refractivity (Wildman–Crippen MR) is 77.5 cm³/mol. The van der Waals surface area contributed by atoms with E-state index in [9.17, 15) is 9.59 Å². The lowest BCUT2D eigenvalue weighted by molar-refractivity contribution is -0.139. The highest BCUT2D eigenvalue weighted by Gasteiger charge is 2.27. The van der Waals surface area contributed by atoms with Gasteiger partial charge >= 0.3 is 0 Å². The number of carbonyl (C=O) groups is 2. The molecule has 0 aliphatic carbocycles. The van der Waals surface area contributed by atoms with Gasteiger partial charge in [-0.2, -0.15) is 0 Å². The summed E-state index contributed by atoms with van der Waals surface area (Å²) in [6.45, 7) is 5.24. The normalized spacial score (nSPS) is 20.5. The second-order valence-corrected chi connectivity index (χ2v) is 5.96. The Labute approximate surface area is 122 Å². The van der Waals surface area contributed by atoms with Gasteiger partial charge in [0.2, 0.25) is 11.8 Å². The molecule has 2 rings (SSSR count). The number of hydrogen-bond acceptors (Lipinski definition) is 4. The van der Waals surface area contributed by atoms with Crippen LogP contribution in [0.5, 0.6) is 0 Å². The van der Waals surface area contributed by atoms with Gasteiger partial charge in [-0.15, -0.1) is 11.3 Å². The highest BCUT2D eigenvalue weighted by molar-refractivity contribution is 7.10. The number of ether oxygens (including phenoxy) is 1. The fourth-order valence-electron chi connectivity index (χ4n) is 2.35. The van der Waals surface area contributed by atoms with Crippen LogP contribution in [0.2, 0.25) is 0 Å². The molecule has 1 aromatic heterocycles. The average Bonchev–Trinajstić information content (AvgIpc) is 2.91. The van der Waals surface area contributed by atoms with Gasteiger partial charge in [0.25, 0.3) is 0 Å². The summed E-state index contributed by atoms with van der Waals surface area (Å²) in [5.74, 6) is -0.0563. The second kappa shape index (κ2) is 6.85. The number of thiophene rings is 1. The largest absolute Gasteiger partial charge is 0.377 e. The Kier molecular flexibility index (Phi) is 5.14. The van der Waals surface area contributed by atoms with Crippen molar-refractivity contribution in [2.24, 2.45) is 0 Å². The van der Waals surface area contributed by atoms with Crippen molar-refractivity contribution < 1.29 is 14.3 Å². The molecule has 0 aromatic carbocycles. The van der Waals surface area contributed by atoms with Crippen LogP contribution < -0.4 is 5.32 Å². The molecular formula is C14H20N2O3S. The summed E-state index contributed by atoms with van der Waals surface area (Å²) in [6, 6.07) is 3.73. The van der Waals surface area contributed by atoms with E-state index in [1.807, 2.05) is 29.3 Å². The lowest BCUT2D eigenvalue weighted by Gasteiger charge is -2.34. The van der Waals surface area contributed by atoms with Crippen LogP contribution in [0.1, 0.15) is 31.2 Å². The lowest BCUT2D eigenvalue weighted by atomic mass is 10.1. The van der Waals surface area contributed by atoms with Crippen molar-refractivity contribution in [1.29, 1.82) is 0 Å². The van der Waals surface area contributed by atoms with Gasteiger partial charge in [0.1, 0.15) is 0 Å². The molecule has 1 aliphatic rings. The first-order chi connectivity index (χ1) is 9.58. The number of morpholine rings is 1. The SMILES string of the molecule is CC(=O)N[C@H](CC(=O)N1CCOC[C@H]1C)c1cccs1. The maximum absolute atomic E-state index is 12.4. The Balaban J connectivity index is 2.03. The van der Waals surface area contributed by atoms with Crippen molar-refractivity contribution in [2.75, 3.05) is 19.8 Å². The Hall–Kier alpha value is -1.40. The van der Waals surface area contributed by atoms with Gasteiger partial charge in [0.15, 0.2) is 0 Å². The minimum absolute atomic E-state index is 0.0629. The third-order valence-electron chi connectivity index (χ3n) is 3.33. The summed E-state index contributed by atoms with van der Waals surface area (Å²) < 4.78 is 5.34. The molecular weight excluding hydrogens is 276 g/mol. The van der Waals surface area contributed by atoms with Crippen LogP contribution >= 0.6 is 11.3 Å². The molecule has 0 radical (unpaired) electrons. The average molecular weight is 296 g/mol. The zero-order chi connectivity index (χ0) is 14.5. The summed E-state index contributed by atoms with van der Waals surface area (Å²) >= 11 is 1.55. The van der Waals surface area contributed by atoms with E-state index in [0.29, 0.717) is 26.2 Å². The minimum Gasteiger partial charge on any atom is -0.377 e. The molecule has 5 nitrogen and oxygen atoms in total. The van der Waals surface area contributed by atoms with Crippen molar-refractivity contribution >= 4 is 23.2 Å². The lowest BCUT2D eigenvalue weighted by Crippen LogP contribution is -2.48. The van der Waals surface area contributed by atoms with Crippen LogP contribution in [0.25, 0.3) is 0 Å². The third-order valence-corrected chi connectivity index (χ3v) is 4.32. The van der Waals surface area contributed by atoms with Gasteiger partial charge in [0.05, 0.1) is 31.7 Å². The Morgan fingerprint density at radius 3 is 3.00 bits per heavy atom. The van der Waals surface area contributed by atoms with Gasteiger partial charge in [-0.25, -0.2) is 0 Å². The highest BCUT2D eigenvalue weighted by Crippen LogP contribution is 2.23. The van der Waals surface area contributed by atoms with E-state index in [0.717, 1.165) is 4.88 Å². The molecule has 1 aromatic rings. The number of rotatable bonds is 4. The molecule has 1 aliphatic heterocycles. The van der Waals surface area contributed by atoms with E-state index in [4.69, 9.17) is 4.74 Å². The molecule has 0 unspecified atom stereocenters. The zero-order valence-corrected chi connectivity index (χ0v) is 12.6. The molecule has 2 atom stereocenters. The molecule has 110 valence electrons. The van der Waals surface area contributed by atoms with Gasteiger partial charge in [-0.1, -0.05) is 6.07 Å². The van der Waals surface area contributed by atoms with Crippen LogP contribution in [0, 0.1) is 0 Å². The Bertz CT molecular complexity index is 461. The molecule has 1 N–H and O–H groups in total. The summed E-state index contributed by atoms with van der Waals surface area (Å²) in [5.41, 5.74) is 0. The topological polar surface area (TPSA) is 58.6 Å². The molecule has 1 saturated heterocycles. The fraction of sp³-hybridized carbons (Fsp3) is 0.571. The van der Waals surface area contributed by atoms with Gasteiger partial charge in [-0.3, -0.25) is 9.59 Å². The summed E-state index contributed by atoms with van der Waals surface area (Å²) in [4.78, 5) is 26.6. The van der Waals surface area contributed by atoms with Crippen LogP contribution in [0.15, 0.2) is 17.5 Å². The van der Waals surface area contributed by atoms with Crippen molar-refractivity contribution in [3.05, 3.63) is 22.4 Å². The number of amides is 2. The third kappa shape index (κ3) is 3.80. The van der Waals surface area contributed by atoms with Gasteiger partial charge in [0, 0.05) is 18.3 Å².